The molecular weight excluding hydrogens is 213 g/mol. The van der Waals surface area contributed by atoms with Gasteiger partial charge >= 0.3 is 5.97 Å². The predicted molar refractivity (Wildman–Crippen MR) is 58.9 cm³/mol. The highest BCUT2D eigenvalue weighted by atomic mass is 19.1. The van der Waals surface area contributed by atoms with Crippen LogP contribution in [-0.2, 0) is 9.59 Å². The van der Waals surface area contributed by atoms with Crippen molar-refractivity contribution in [3.05, 3.63) is 0 Å². The summed E-state index contributed by atoms with van der Waals surface area (Å²) in [5.74, 6) is -1.80. The van der Waals surface area contributed by atoms with Gasteiger partial charge < -0.3 is 10.0 Å². The molecule has 1 atom stereocenters. The number of nitrogens with zero attached hydrogens (tertiary/aromatic N) is 1. The van der Waals surface area contributed by atoms with Crippen LogP contribution < -0.4 is 0 Å². The lowest BCUT2D eigenvalue weighted by Crippen LogP contribution is -2.41. The first-order valence-electron chi connectivity index (χ1n) is 5.67. The predicted octanol–water partition coefficient (Wildman–Crippen LogP) is 1.84. The number of carboxylic acids is 1. The lowest BCUT2D eigenvalue weighted by Gasteiger charge is -2.21. The fourth-order valence-corrected chi connectivity index (χ4v) is 1.41. The van der Waals surface area contributed by atoms with E-state index in [-0.39, 0.29) is 13.0 Å². The van der Waals surface area contributed by atoms with E-state index >= 15 is 0 Å². The van der Waals surface area contributed by atoms with Gasteiger partial charge in [0.05, 0.1) is 0 Å². The zero-order valence-electron chi connectivity index (χ0n) is 9.91. The van der Waals surface area contributed by atoms with Gasteiger partial charge in [0.25, 0.3) is 5.91 Å². The van der Waals surface area contributed by atoms with E-state index in [1.54, 1.807) is 0 Å². The minimum atomic E-state index is -1.56. The van der Waals surface area contributed by atoms with Crippen molar-refractivity contribution in [2.24, 2.45) is 0 Å². The summed E-state index contributed by atoms with van der Waals surface area (Å²) in [6.45, 7) is 3.61. The van der Waals surface area contributed by atoms with Crippen LogP contribution >= 0.6 is 0 Å². The molecule has 0 heterocycles. The van der Waals surface area contributed by atoms with Crippen molar-refractivity contribution in [2.75, 3.05) is 13.1 Å². The second-order valence-electron chi connectivity index (χ2n) is 3.76. The third-order valence-electron chi connectivity index (χ3n) is 2.21. The Morgan fingerprint density at radius 3 is 2.38 bits per heavy atom. The Bertz CT molecular complexity index is 233. The third-order valence-corrected chi connectivity index (χ3v) is 2.21. The average Bonchev–Trinajstić information content (AvgIpc) is 2.23. The van der Waals surface area contributed by atoms with E-state index in [9.17, 15) is 14.0 Å². The molecule has 1 amide bonds. The van der Waals surface area contributed by atoms with Crippen LogP contribution in [0.15, 0.2) is 0 Å². The molecule has 1 N–H and O–H groups in total. The summed E-state index contributed by atoms with van der Waals surface area (Å²) in [4.78, 5) is 23.1. The first-order chi connectivity index (χ1) is 7.52. The number of rotatable bonds is 8. The molecule has 1 unspecified atom stereocenters. The molecule has 0 bridgehead atoms. The summed E-state index contributed by atoms with van der Waals surface area (Å²) in [5, 5.41) is 8.60. The van der Waals surface area contributed by atoms with Crippen molar-refractivity contribution in [2.45, 2.75) is 45.7 Å². The maximum absolute atomic E-state index is 13.4. The zero-order valence-corrected chi connectivity index (χ0v) is 9.91. The number of aliphatic carboxylic acids is 1. The van der Waals surface area contributed by atoms with E-state index in [0.29, 0.717) is 12.8 Å². The third kappa shape index (κ3) is 5.68. The highest BCUT2D eigenvalue weighted by Gasteiger charge is 2.24. The fourth-order valence-electron chi connectivity index (χ4n) is 1.41. The van der Waals surface area contributed by atoms with Crippen molar-refractivity contribution in [3.63, 3.8) is 0 Å². The number of halogens is 1. The molecule has 0 saturated carbocycles. The smallest absolute Gasteiger partial charge is 0.323 e. The highest BCUT2D eigenvalue weighted by molar-refractivity contribution is 5.84. The summed E-state index contributed by atoms with van der Waals surface area (Å²) < 4.78 is 13.4. The van der Waals surface area contributed by atoms with Crippen molar-refractivity contribution in [3.8, 4) is 0 Å². The number of hydrogen-bond donors (Lipinski definition) is 1. The van der Waals surface area contributed by atoms with Gasteiger partial charge in [0.2, 0.25) is 0 Å². The summed E-state index contributed by atoms with van der Waals surface area (Å²) in [5.41, 5.74) is 0. The maximum Gasteiger partial charge on any atom is 0.323 e. The molecule has 0 aromatic carbocycles. The number of hydrogen-bond acceptors (Lipinski definition) is 2. The molecule has 5 heteroatoms. The Balaban J connectivity index is 4.29. The number of carbonyl (C=O) groups is 2. The van der Waals surface area contributed by atoms with Crippen molar-refractivity contribution < 1.29 is 19.1 Å². The molecule has 0 aliphatic rings. The molecule has 0 aliphatic heterocycles. The maximum atomic E-state index is 13.4. The van der Waals surface area contributed by atoms with E-state index in [1.807, 2.05) is 13.8 Å². The summed E-state index contributed by atoms with van der Waals surface area (Å²) in [6, 6.07) is 0. The van der Waals surface area contributed by atoms with Gasteiger partial charge in [-0.2, -0.15) is 0 Å². The van der Waals surface area contributed by atoms with Crippen LogP contribution in [0.5, 0.6) is 0 Å². The van der Waals surface area contributed by atoms with E-state index in [0.717, 1.165) is 11.3 Å². The van der Waals surface area contributed by atoms with E-state index < -0.39 is 24.6 Å². The molecule has 4 nitrogen and oxygen atoms in total. The molecule has 0 aromatic heterocycles. The largest absolute Gasteiger partial charge is 0.480 e. The van der Waals surface area contributed by atoms with Crippen molar-refractivity contribution >= 4 is 11.9 Å². The Labute approximate surface area is 95.4 Å². The van der Waals surface area contributed by atoms with E-state index in [4.69, 9.17) is 5.11 Å². The first kappa shape index (κ1) is 14.9. The number of carboxylic acid groups (broad SMARTS) is 1. The van der Waals surface area contributed by atoms with Gasteiger partial charge in [-0.3, -0.25) is 9.59 Å². The minimum absolute atomic E-state index is 0.176. The van der Waals surface area contributed by atoms with Gasteiger partial charge in [-0.1, -0.05) is 26.7 Å². The number of carbonyl (C=O) groups excluding carboxylic acids is 1. The lowest BCUT2D eigenvalue weighted by atomic mass is 10.1. The molecule has 94 valence electrons. The van der Waals surface area contributed by atoms with E-state index in [1.165, 1.54) is 0 Å². The highest BCUT2D eigenvalue weighted by Crippen LogP contribution is 2.09. The van der Waals surface area contributed by atoms with Crippen LogP contribution in [0.2, 0.25) is 0 Å². The van der Waals surface area contributed by atoms with Gasteiger partial charge in [-0.25, -0.2) is 4.39 Å². The van der Waals surface area contributed by atoms with Crippen molar-refractivity contribution in [1.82, 2.24) is 4.90 Å². The lowest BCUT2D eigenvalue weighted by molar-refractivity contribution is -0.146. The second-order valence-corrected chi connectivity index (χ2v) is 3.76. The van der Waals surface area contributed by atoms with Crippen LogP contribution in [0.25, 0.3) is 0 Å². The summed E-state index contributed by atoms with van der Waals surface area (Å²) in [7, 11) is 0. The molecule has 0 radical (unpaired) electrons. The Morgan fingerprint density at radius 1 is 1.31 bits per heavy atom. The van der Waals surface area contributed by atoms with Gasteiger partial charge in [0.1, 0.15) is 6.54 Å². The quantitative estimate of drug-likeness (QED) is 0.696. The molecule has 16 heavy (non-hydrogen) atoms. The van der Waals surface area contributed by atoms with Gasteiger partial charge in [0, 0.05) is 6.54 Å². The molecule has 0 saturated heterocycles. The molecule has 0 spiro atoms. The van der Waals surface area contributed by atoms with Gasteiger partial charge in [0.15, 0.2) is 6.17 Å². The van der Waals surface area contributed by atoms with Crippen LogP contribution in [0.1, 0.15) is 39.5 Å². The number of unbranched alkanes of at least 4 members (excludes halogenated alkanes) is 1. The monoisotopic (exact) mass is 233 g/mol. The van der Waals surface area contributed by atoms with Gasteiger partial charge in [-0.15, -0.1) is 0 Å². The van der Waals surface area contributed by atoms with E-state index in [2.05, 4.69) is 0 Å². The fraction of sp³-hybridized carbons (Fsp3) is 0.818. The Hall–Kier alpha value is -1.13. The van der Waals surface area contributed by atoms with Crippen LogP contribution in [0, 0.1) is 0 Å². The summed E-state index contributed by atoms with van der Waals surface area (Å²) >= 11 is 0. The topological polar surface area (TPSA) is 57.6 Å². The Kier molecular flexibility index (Phi) is 7.50. The van der Waals surface area contributed by atoms with Crippen LogP contribution in [0.3, 0.4) is 0 Å². The summed E-state index contributed by atoms with van der Waals surface area (Å²) in [6.07, 6.45) is 0.695. The number of amides is 1. The molecule has 0 aromatic rings. The zero-order chi connectivity index (χ0) is 12.6. The average molecular weight is 233 g/mol. The second kappa shape index (κ2) is 8.07. The van der Waals surface area contributed by atoms with Crippen molar-refractivity contribution in [1.29, 1.82) is 0 Å². The normalized spacial score (nSPS) is 12.2. The molecular formula is C11H20FNO3. The molecule has 0 fully saturated rings. The molecule has 0 aliphatic carbocycles. The van der Waals surface area contributed by atoms with Gasteiger partial charge in [-0.05, 0) is 12.8 Å². The SMILES string of the molecule is CCCCC(F)C(=O)N(CCC)CC(=O)O. The molecule has 0 rings (SSSR count). The van der Waals surface area contributed by atoms with Crippen LogP contribution in [-0.4, -0.2) is 41.1 Å². The standard InChI is InChI=1S/C11H20FNO3/c1-3-5-6-9(12)11(16)13(7-4-2)8-10(14)15/h9H,3-8H2,1-2H3,(H,14,15). The number of alkyl halides is 1. The Morgan fingerprint density at radius 2 is 1.94 bits per heavy atom. The first-order valence-corrected chi connectivity index (χ1v) is 5.67. The minimum Gasteiger partial charge on any atom is -0.480 e. The van der Waals surface area contributed by atoms with Crippen LogP contribution in [0.4, 0.5) is 4.39 Å².